The SMILES string of the molecule is CCN(CC)c1c(Br)cc(OCc2ccccc2)c2c1CC1CC3C(N(C)C)c4onc(OCc5ccccc5)c4C(=O)C34C(=C1C2=O)C4C. The molecule has 0 aliphatic heterocycles. The van der Waals surface area contributed by atoms with E-state index in [2.05, 4.69) is 51.7 Å². The van der Waals surface area contributed by atoms with E-state index in [1.165, 1.54) is 0 Å². The van der Waals surface area contributed by atoms with E-state index in [1.54, 1.807) is 0 Å². The highest BCUT2D eigenvalue weighted by atomic mass is 79.9. The van der Waals surface area contributed by atoms with Gasteiger partial charge in [-0.2, -0.15) is 0 Å². The first-order valence-corrected chi connectivity index (χ1v) is 18.4. The molecule has 1 saturated carbocycles. The standard InChI is InChI=1S/C41H42BrN3O5/c1-6-45(7-2)35-27-18-26-19-28-36(44(4)5)38-33(40(43-50-38)49-22-25-16-12-9-13-17-25)39(47)41(28)23(3)34(41)31(26)37(46)32(27)30(20-29(35)42)48-21-24-14-10-8-11-15-24/h8-17,20,23,26,28,36H,6-7,18-19,21-22H2,1-5H3. The van der Waals surface area contributed by atoms with Crippen molar-refractivity contribution < 1.29 is 23.6 Å². The smallest absolute Gasteiger partial charge is 0.265 e. The Balaban J connectivity index is 1.24. The van der Waals surface area contributed by atoms with Crippen molar-refractivity contribution in [2.45, 2.75) is 52.9 Å². The van der Waals surface area contributed by atoms with Crippen LogP contribution in [0.15, 0.2) is 86.9 Å². The zero-order valence-electron chi connectivity index (χ0n) is 29.2. The van der Waals surface area contributed by atoms with Gasteiger partial charge in [-0.25, -0.2) is 0 Å². The zero-order valence-corrected chi connectivity index (χ0v) is 30.7. The molecule has 1 fully saturated rings. The van der Waals surface area contributed by atoms with Gasteiger partial charge in [0, 0.05) is 23.1 Å². The minimum atomic E-state index is -0.806. The summed E-state index contributed by atoms with van der Waals surface area (Å²) in [4.78, 5) is 34.5. The molecular formula is C41H42BrN3O5. The average molecular weight is 737 g/mol. The molecule has 1 aromatic heterocycles. The fraction of sp³-hybridized carbons (Fsp3) is 0.390. The lowest BCUT2D eigenvalue weighted by Crippen LogP contribution is -2.46. The molecule has 8 nitrogen and oxygen atoms in total. The Kier molecular flexibility index (Phi) is 8.26. The number of benzene rings is 3. The van der Waals surface area contributed by atoms with E-state index in [4.69, 9.17) is 14.0 Å². The van der Waals surface area contributed by atoms with E-state index in [1.807, 2.05) is 80.8 Å². The number of ketones is 2. The van der Waals surface area contributed by atoms with Crippen LogP contribution in [0.2, 0.25) is 0 Å². The molecular weight excluding hydrogens is 694 g/mol. The Labute approximate surface area is 301 Å². The molecule has 0 saturated heterocycles. The highest BCUT2D eigenvalue weighted by Crippen LogP contribution is 2.75. The summed E-state index contributed by atoms with van der Waals surface area (Å²) in [7, 11) is 4.06. The number of aromatic nitrogens is 1. The maximum Gasteiger partial charge on any atom is 0.265 e. The first-order chi connectivity index (χ1) is 24.2. The number of nitrogens with zero attached hydrogens (tertiary/aromatic N) is 3. The summed E-state index contributed by atoms with van der Waals surface area (Å²) in [6, 6.07) is 21.6. The topological polar surface area (TPSA) is 85.1 Å². The number of Topliss-reactive ketones (excluding diaryl/α,β-unsaturated/α-hetero) is 2. The Hall–Kier alpha value is -4.21. The van der Waals surface area contributed by atoms with E-state index in [-0.39, 0.29) is 47.8 Å². The van der Waals surface area contributed by atoms with Crippen LogP contribution in [-0.4, -0.2) is 48.8 Å². The molecule has 4 aliphatic carbocycles. The predicted octanol–water partition coefficient (Wildman–Crippen LogP) is 8.25. The van der Waals surface area contributed by atoms with Crippen LogP contribution < -0.4 is 14.4 Å². The predicted molar refractivity (Wildman–Crippen MR) is 195 cm³/mol. The van der Waals surface area contributed by atoms with Crippen LogP contribution in [0.25, 0.3) is 0 Å². The number of hydrogen-bond acceptors (Lipinski definition) is 8. The molecule has 1 heterocycles. The molecule has 4 aromatic rings. The highest BCUT2D eigenvalue weighted by molar-refractivity contribution is 9.10. The third-order valence-corrected chi connectivity index (χ3v) is 12.2. The average Bonchev–Trinajstić information content (AvgIpc) is 3.51. The molecule has 258 valence electrons. The maximum absolute atomic E-state index is 15.1. The van der Waals surface area contributed by atoms with E-state index in [0.29, 0.717) is 42.1 Å². The Morgan fingerprint density at radius 3 is 2.20 bits per heavy atom. The maximum atomic E-state index is 15.1. The normalized spacial score (nSPS) is 24.6. The third kappa shape index (κ3) is 4.83. The van der Waals surface area contributed by atoms with E-state index in [9.17, 15) is 4.79 Å². The number of rotatable bonds is 10. The molecule has 4 aliphatic rings. The van der Waals surface area contributed by atoms with Crippen molar-refractivity contribution >= 4 is 33.2 Å². The number of hydrogen-bond donors (Lipinski definition) is 0. The molecule has 3 aromatic carbocycles. The highest BCUT2D eigenvalue weighted by Gasteiger charge is 2.75. The summed E-state index contributed by atoms with van der Waals surface area (Å²) in [6.07, 6.45) is 1.38. The zero-order chi connectivity index (χ0) is 34.9. The van der Waals surface area contributed by atoms with Crippen molar-refractivity contribution in [1.29, 1.82) is 0 Å². The van der Waals surface area contributed by atoms with Gasteiger partial charge in [-0.05, 0) is 108 Å². The van der Waals surface area contributed by atoms with E-state index < -0.39 is 5.41 Å². The Bertz CT molecular complexity index is 2020. The number of fused-ring (bicyclic) bond motifs is 3. The molecule has 5 atom stereocenters. The minimum Gasteiger partial charge on any atom is -0.488 e. The molecule has 1 spiro atoms. The van der Waals surface area contributed by atoms with Gasteiger partial charge in [-0.1, -0.05) is 67.6 Å². The molecule has 5 unspecified atom stereocenters. The van der Waals surface area contributed by atoms with Crippen molar-refractivity contribution in [3.05, 3.63) is 116 Å². The number of carbonyl (C=O) groups is 2. The van der Waals surface area contributed by atoms with Crippen molar-refractivity contribution in [2.24, 2.45) is 23.2 Å². The molecule has 0 amide bonds. The van der Waals surface area contributed by atoms with Crippen LogP contribution in [0.3, 0.4) is 0 Å². The van der Waals surface area contributed by atoms with Crippen LogP contribution in [0.5, 0.6) is 11.6 Å². The fourth-order valence-corrected chi connectivity index (χ4v) is 10.1. The van der Waals surface area contributed by atoms with Gasteiger partial charge in [0.25, 0.3) is 5.88 Å². The van der Waals surface area contributed by atoms with Gasteiger partial charge in [0.2, 0.25) is 0 Å². The molecule has 50 heavy (non-hydrogen) atoms. The second-order valence-electron chi connectivity index (χ2n) is 14.2. The van der Waals surface area contributed by atoms with Crippen LogP contribution in [-0.2, 0) is 19.6 Å². The van der Waals surface area contributed by atoms with Gasteiger partial charge in [0.15, 0.2) is 17.3 Å². The van der Waals surface area contributed by atoms with Crippen molar-refractivity contribution in [2.75, 3.05) is 32.1 Å². The molecule has 8 rings (SSSR count). The summed E-state index contributed by atoms with van der Waals surface area (Å²) < 4.78 is 19.6. The number of halogens is 1. The molecule has 0 bridgehead atoms. The first kappa shape index (κ1) is 33.0. The van der Waals surface area contributed by atoms with E-state index in [0.717, 1.165) is 51.1 Å². The molecule has 0 radical (unpaired) electrons. The number of anilines is 1. The summed E-state index contributed by atoms with van der Waals surface area (Å²) >= 11 is 3.88. The summed E-state index contributed by atoms with van der Waals surface area (Å²) in [5.74, 6) is 1.12. The first-order valence-electron chi connectivity index (χ1n) is 17.7. The number of allylic oxidation sites excluding steroid dienone is 2. The van der Waals surface area contributed by atoms with Crippen LogP contribution in [0.1, 0.15) is 76.4 Å². The molecule has 0 N–H and O–H groups in total. The second-order valence-corrected chi connectivity index (χ2v) is 15.1. The molecule has 9 heteroatoms. The lowest BCUT2D eigenvalue weighted by molar-refractivity contribution is 0.0517. The van der Waals surface area contributed by atoms with Gasteiger partial charge >= 0.3 is 0 Å². The van der Waals surface area contributed by atoms with Gasteiger partial charge in [-0.15, -0.1) is 0 Å². The largest absolute Gasteiger partial charge is 0.488 e. The van der Waals surface area contributed by atoms with Crippen molar-refractivity contribution in [3.8, 4) is 11.6 Å². The van der Waals surface area contributed by atoms with Gasteiger partial charge in [0.05, 0.1) is 22.7 Å². The summed E-state index contributed by atoms with van der Waals surface area (Å²) in [6.45, 7) is 8.63. The third-order valence-electron chi connectivity index (χ3n) is 11.6. The van der Waals surface area contributed by atoms with Crippen molar-refractivity contribution in [3.63, 3.8) is 0 Å². The van der Waals surface area contributed by atoms with Crippen LogP contribution in [0.4, 0.5) is 5.69 Å². The quantitative estimate of drug-likeness (QED) is 0.161. The van der Waals surface area contributed by atoms with Crippen LogP contribution >= 0.6 is 15.9 Å². The lowest BCUT2D eigenvalue weighted by atomic mass is 9.60. The van der Waals surface area contributed by atoms with E-state index >= 15 is 4.79 Å². The summed E-state index contributed by atoms with van der Waals surface area (Å²) in [5.41, 5.74) is 6.10. The van der Waals surface area contributed by atoms with Crippen LogP contribution in [0, 0.1) is 23.2 Å². The Morgan fingerprint density at radius 1 is 0.940 bits per heavy atom. The van der Waals surface area contributed by atoms with Crippen molar-refractivity contribution in [1.82, 2.24) is 10.1 Å². The van der Waals surface area contributed by atoms with Gasteiger partial charge in [0.1, 0.15) is 24.5 Å². The summed E-state index contributed by atoms with van der Waals surface area (Å²) in [5, 5.41) is 4.33. The fourth-order valence-electron chi connectivity index (χ4n) is 9.40. The lowest BCUT2D eigenvalue weighted by Gasteiger charge is -2.45. The monoisotopic (exact) mass is 735 g/mol. The van der Waals surface area contributed by atoms with Gasteiger partial charge in [-0.3, -0.25) is 14.5 Å². The number of ether oxygens (including phenoxy) is 2. The minimum absolute atomic E-state index is 0.0109. The Morgan fingerprint density at radius 2 is 1.58 bits per heavy atom. The van der Waals surface area contributed by atoms with Gasteiger partial charge < -0.3 is 18.9 Å². The second kappa shape index (κ2) is 12.5. The number of carbonyl (C=O) groups excluding carboxylic acids is 2.